The van der Waals surface area contributed by atoms with Gasteiger partial charge in [0.05, 0.1) is 17.9 Å². The van der Waals surface area contributed by atoms with E-state index in [-0.39, 0.29) is 24.9 Å². The predicted octanol–water partition coefficient (Wildman–Crippen LogP) is 0.520. The highest BCUT2D eigenvalue weighted by Crippen LogP contribution is 2.28. The first-order chi connectivity index (χ1) is 10.2. The van der Waals surface area contributed by atoms with Crippen LogP contribution in [0.2, 0.25) is 0 Å². The molecule has 0 atom stereocenters. The minimum atomic E-state index is -0.348. The zero-order chi connectivity index (χ0) is 15.2. The predicted molar refractivity (Wildman–Crippen MR) is 80.3 cm³/mol. The number of nitrogens with zero attached hydrogens (tertiary/aromatic N) is 1. The zero-order valence-electron chi connectivity index (χ0n) is 12.3. The second kappa shape index (κ2) is 7.38. The van der Waals surface area contributed by atoms with Gasteiger partial charge in [-0.15, -0.1) is 0 Å². The fraction of sp³-hybridized carbons (Fsp3) is 0.533. The molecule has 1 amide bonds. The summed E-state index contributed by atoms with van der Waals surface area (Å²) < 4.78 is 14.7. The van der Waals surface area contributed by atoms with E-state index in [1.807, 2.05) is 11.8 Å². The zero-order valence-corrected chi connectivity index (χ0v) is 12.3. The maximum Gasteiger partial charge on any atom is 0.253 e. The van der Waals surface area contributed by atoms with Gasteiger partial charge in [-0.2, -0.15) is 0 Å². The van der Waals surface area contributed by atoms with Crippen molar-refractivity contribution in [2.24, 2.45) is 0 Å². The molecule has 1 fully saturated rings. The van der Waals surface area contributed by atoms with Gasteiger partial charge in [-0.1, -0.05) is 13.0 Å². The number of rotatable bonds is 5. The van der Waals surface area contributed by atoms with Crippen LogP contribution < -0.4 is 15.5 Å². The van der Waals surface area contributed by atoms with Gasteiger partial charge in [-0.05, 0) is 18.1 Å². The number of carbonyl (C=O) groups is 1. The van der Waals surface area contributed by atoms with Crippen LogP contribution in [0.3, 0.4) is 0 Å². The lowest BCUT2D eigenvalue weighted by atomic mass is 10.0. The van der Waals surface area contributed by atoms with Crippen molar-refractivity contribution in [2.75, 3.05) is 44.2 Å². The molecule has 0 saturated carbocycles. The minimum Gasteiger partial charge on any atom is -0.395 e. The van der Waals surface area contributed by atoms with Crippen molar-refractivity contribution in [1.82, 2.24) is 10.6 Å². The molecule has 0 aromatic heterocycles. The van der Waals surface area contributed by atoms with Gasteiger partial charge in [0, 0.05) is 32.7 Å². The second-order valence-electron chi connectivity index (χ2n) is 5.00. The summed E-state index contributed by atoms with van der Waals surface area (Å²) in [7, 11) is 0. The van der Waals surface area contributed by atoms with Crippen LogP contribution in [0.5, 0.6) is 0 Å². The summed E-state index contributed by atoms with van der Waals surface area (Å²) in [6.45, 7) is 4.81. The third-order valence-electron chi connectivity index (χ3n) is 3.65. The van der Waals surface area contributed by atoms with E-state index >= 15 is 0 Å². The molecule has 116 valence electrons. The van der Waals surface area contributed by atoms with Gasteiger partial charge in [-0.3, -0.25) is 4.79 Å². The molecular weight excluding hydrogens is 273 g/mol. The largest absolute Gasteiger partial charge is 0.395 e. The van der Waals surface area contributed by atoms with Crippen molar-refractivity contribution >= 4 is 11.6 Å². The topological polar surface area (TPSA) is 64.6 Å². The SMILES string of the molecule is CCc1ccc(C(=O)NCCO)c(N2CCNCC2)c1F. The Bertz CT molecular complexity index is 502. The highest BCUT2D eigenvalue weighted by molar-refractivity contribution is 6.00. The van der Waals surface area contributed by atoms with Crippen LogP contribution in [0.25, 0.3) is 0 Å². The Kier molecular flexibility index (Phi) is 5.52. The molecular formula is C15H22FN3O2. The van der Waals surface area contributed by atoms with E-state index in [4.69, 9.17) is 5.11 Å². The van der Waals surface area contributed by atoms with Crippen LogP contribution in [-0.2, 0) is 6.42 Å². The van der Waals surface area contributed by atoms with Crippen LogP contribution in [-0.4, -0.2) is 50.3 Å². The number of amides is 1. The fourth-order valence-corrected chi connectivity index (χ4v) is 2.52. The molecule has 2 rings (SSSR count). The van der Waals surface area contributed by atoms with Gasteiger partial charge >= 0.3 is 0 Å². The maximum atomic E-state index is 14.7. The lowest BCUT2D eigenvalue weighted by Crippen LogP contribution is -2.45. The number of carbonyl (C=O) groups excluding carboxylic acids is 1. The molecule has 1 aliphatic rings. The molecule has 0 unspecified atom stereocenters. The molecule has 1 aliphatic heterocycles. The average Bonchev–Trinajstić information content (AvgIpc) is 2.53. The monoisotopic (exact) mass is 295 g/mol. The lowest BCUT2D eigenvalue weighted by molar-refractivity contribution is 0.0945. The number of hydrogen-bond donors (Lipinski definition) is 3. The van der Waals surface area contributed by atoms with E-state index in [9.17, 15) is 9.18 Å². The Morgan fingerprint density at radius 3 is 2.76 bits per heavy atom. The molecule has 1 aromatic carbocycles. The fourth-order valence-electron chi connectivity index (χ4n) is 2.52. The first-order valence-corrected chi connectivity index (χ1v) is 7.35. The first kappa shape index (κ1) is 15.7. The van der Waals surface area contributed by atoms with Gasteiger partial charge < -0.3 is 20.6 Å². The Morgan fingerprint density at radius 2 is 2.14 bits per heavy atom. The van der Waals surface area contributed by atoms with Crippen molar-refractivity contribution in [1.29, 1.82) is 0 Å². The number of anilines is 1. The molecule has 3 N–H and O–H groups in total. The van der Waals surface area contributed by atoms with E-state index < -0.39 is 0 Å². The smallest absolute Gasteiger partial charge is 0.253 e. The van der Waals surface area contributed by atoms with E-state index in [0.717, 1.165) is 13.1 Å². The molecule has 0 bridgehead atoms. The van der Waals surface area contributed by atoms with E-state index in [1.165, 1.54) is 0 Å². The molecule has 6 heteroatoms. The molecule has 1 saturated heterocycles. The quantitative estimate of drug-likeness (QED) is 0.741. The van der Waals surface area contributed by atoms with Crippen molar-refractivity contribution < 1.29 is 14.3 Å². The van der Waals surface area contributed by atoms with Gasteiger partial charge in [0.2, 0.25) is 0 Å². The van der Waals surface area contributed by atoms with Crippen LogP contribution in [0, 0.1) is 5.82 Å². The number of hydrogen-bond acceptors (Lipinski definition) is 4. The molecule has 0 radical (unpaired) electrons. The number of aryl methyl sites for hydroxylation is 1. The van der Waals surface area contributed by atoms with Gasteiger partial charge in [0.1, 0.15) is 5.82 Å². The summed E-state index contributed by atoms with van der Waals surface area (Å²) in [5.74, 6) is -0.657. The van der Waals surface area contributed by atoms with Gasteiger partial charge in [0.25, 0.3) is 5.91 Å². The number of halogens is 1. The Hall–Kier alpha value is -1.66. The Labute approximate surface area is 124 Å². The minimum absolute atomic E-state index is 0.135. The summed E-state index contributed by atoms with van der Waals surface area (Å²) >= 11 is 0. The molecule has 21 heavy (non-hydrogen) atoms. The normalized spacial score (nSPS) is 15.1. The third-order valence-corrected chi connectivity index (χ3v) is 3.65. The number of piperazine rings is 1. The summed E-state index contributed by atoms with van der Waals surface area (Å²) in [4.78, 5) is 14.1. The summed E-state index contributed by atoms with van der Waals surface area (Å²) in [5, 5.41) is 14.6. The third kappa shape index (κ3) is 3.51. The van der Waals surface area contributed by atoms with Crippen LogP contribution in [0.1, 0.15) is 22.8 Å². The van der Waals surface area contributed by atoms with Crippen molar-refractivity contribution in [3.8, 4) is 0 Å². The number of aliphatic hydroxyl groups is 1. The van der Waals surface area contributed by atoms with E-state index in [0.29, 0.717) is 36.3 Å². The Morgan fingerprint density at radius 1 is 1.43 bits per heavy atom. The molecule has 5 nitrogen and oxygen atoms in total. The maximum absolute atomic E-state index is 14.7. The average molecular weight is 295 g/mol. The van der Waals surface area contributed by atoms with Crippen molar-refractivity contribution in [3.05, 3.63) is 29.1 Å². The number of nitrogens with one attached hydrogen (secondary N) is 2. The van der Waals surface area contributed by atoms with Crippen LogP contribution >= 0.6 is 0 Å². The number of aliphatic hydroxyl groups excluding tert-OH is 1. The van der Waals surface area contributed by atoms with Crippen LogP contribution in [0.15, 0.2) is 12.1 Å². The standard InChI is InChI=1S/C15H22FN3O2/c1-2-11-3-4-12(15(21)18-7-10-20)14(13(11)16)19-8-5-17-6-9-19/h3-4,17,20H,2,5-10H2,1H3,(H,18,21). The first-order valence-electron chi connectivity index (χ1n) is 7.35. The molecule has 0 spiro atoms. The van der Waals surface area contributed by atoms with Crippen molar-refractivity contribution in [2.45, 2.75) is 13.3 Å². The lowest BCUT2D eigenvalue weighted by Gasteiger charge is -2.31. The summed E-state index contributed by atoms with van der Waals surface area (Å²) in [5.41, 5.74) is 1.33. The van der Waals surface area contributed by atoms with E-state index in [2.05, 4.69) is 10.6 Å². The second-order valence-corrected chi connectivity index (χ2v) is 5.00. The summed E-state index contributed by atoms with van der Waals surface area (Å²) in [6.07, 6.45) is 0.587. The van der Waals surface area contributed by atoms with Crippen molar-refractivity contribution in [3.63, 3.8) is 0 Å². The highest BCUT2D eigenvalue weighted by Gasteiger charge is 2.23. The van der Waals surface area contributed by atoms with E-state index in [1.54, 1.807) is 12.1 Å². The van der Waals surface area contributed by atoms with Crippen LogP contribution in [0.4, 0.5) is 10.1 Å². The molecule has 1 heterocycles. The summed E-state index contributed by atoms with van der Waals surface area (Å²) in [6, 6.07) is 3.33. The molecule has 1 aromatic rings. The molecule has 0 aliphatic carbocycles. The Balaban J connectivity index is 2.38. The number of benzene rings is 1. The highest BCUT2D eigenvalue weighted by atomic mass is 19.1. The van der Waals surface area contributed by atoms with Gasteiger partial charge in [0.15, 0.2) is 0 Å². The van der Waals surface area contributed by atoms with Gasteiger partial charge in [-0.25, -0.2) is 4.39 Å².